The second-order valence-corrected chi connectivity index (χ2v) is 9.15. The van der Waals surface area contributed by atoms with Gasteiger partial charge < -0.3 is 34.6 Å². The first-order valence-electron chi connectivity index (χ1n) is 11.5. The number of aliphatic hydroxyl groups excluding tert-OH is 4. The summed E-state index contributed by atoms with van der Waals surface area (Å²) >= 11 is 6.34. The van der Waals surface area contributed by atoms with Gasteiger partial charge in [-0.3, -0.25) is 0 Å². The highest BCUT2D eigenvalue weighted by molar-refractivity contribution is 6.31. The van der Waals surface area contributed by atoms with Gasteiger partial charge in [0.15, 0.2) is 11.6 Å². The largest absolute Gasteiger partial charge is 0.486 e. The molecule has 0 saturated carbocycles. The first kappa shape index (κ1) is 27.4. The number of methoxy groups -OCH3 is 1. The normalized spacial score (nSPS) is 25.7. The predicted octanol–water partition coefficient (Wildman–Crippen LogP) is 3.06. The van der Waals surface area contributed by atoms with E-state index in [4.69, 9.17) is 25.8 Å². The average Bonchev–Trinajstić information content (AvgIpc) is 2.92. The minimum Gasteiger partial charge on any atom is -0.486 e. The minimum atomic E-state index is -1.97. The summed E-state index contributed by atoms with van der Waals surface area (Å²) in [6, 6.07) is 16.2. The topological polar surface area (TPSA) is 109 Å². The summed E-state index contributed by atoms with van der Waals surface area (Å²) in [6.07, 6.45) is -6.37. The van der Waals surface area contributed by atoms with Gasteiger partial charge in [0, 0.05) is 24.1 Å². The van der Waals surface area contributed by atoms with E-state index >= 15 is 0 Å². The summed E-state index contributed by atoms with van der Waals surface area (Å²) in [5.41, 5.74) is 1.35. The molecule has 0 aliphatic carbocycles. The van der Waals surface area contributed by atoms with Gasteiger partial charge in [0.25, 0.3) is 0 Å². The fourth-order valence-corrected chi connectivity index (χ4v) is 4.54. The second kappa shape index (κ2) is 11.4. The quantitative estimate of drug-likeness (QED) is 0.350. The highest BCUT2D eigenvalue weighted by Crippen LogP contribution is 2.40. The lowest BCUT2D eigenvalue weighted by atomic mass is 9.87. The second-order valence-electron chi connectivity index (χ2n) is 8.74. The molecule has 3 aromatic rings. The fraction of sp³-hybridized carbons (Fsp3) is 0.333. The predicted molar refractivity (Wildman–Crippen MR) is 130 cm³/mol. The molecule has 5 atom stereocenters. The van der Waals surface area contributed by atoms with Gasteiger partial charge >= 0.3 is 0 Å². The van der Waals surface area contributed by atoms with Crippen LogP contribution in [0.4, 0.5) is 8.78 Å². The molecule has 1 heterocycles. The third-order valence-electron chi connectivity index (χ3n) is 6.45. The SMILES string of the molecule is CO[C@@]1(c2ccc(Cl)c(Cc3ccc(OCc4ccccc4)c(F)c3F)c2)O[C@H](CO)[C@@H](O)[C@H](O)[C@H]1O. The Morgan fingerprint density at radius 3 is 2.35 bits per heavy atom. The molecular weight excluding hydrogens is 510 g/mol. The zero-order valence-corrected chi connectivity index (χ0v) is 20.6. The van der Waals surface area contributed by atoms with Crippen LogP contribution >= 0.6 is 11.6 Å². The van der Waals surface area contributed by atoms with Crippen molar-refractivity contribution in [1.29, 1.82) is 0 Å². The highest BCUT2D eigenvalue weighted by atomic mass is 35.5. The van der Waals surface area contributed by atoms with Crippen LogP contribution in [0.2, 0.25) is 5.02 Å². The molecule has 198 valence electrons. The van der Waals surface area contributed by atoms with Crippen LogP contribution in [-0.2, 0) is 28.3 Å². The zero-order chi connectivity index (χ0) is 26.7. The fourth-order valence-electron chi connectivity index (χ4n) is 4.35. The molecule has 0 bridgehead atoms. The first-order valence-corrected chi connectivity index (χ1v) is 11.9. The van der Waals surface area contributed by atoms with Crippen molar-refractivity contribution in [1.82, 2.24) is 0 Å². The van der Waals surface area contributed by atoms with Crippen molar-refractivity contribution in [3.05, 3.63) is 99.6 Å². The van der Waals surface area contributed by atoms with E-state index in [0.717, 1.165) is 5.56 Å². The van der Waals surface area contributed by atoms with Crippen molar-refractivity contribution in [2.75, 3.05) is 13.7 Å². The number of benzene rings is 3. The summed E-state index contributed by atoms with van der Waals surface area (Å²) in [4.78, 5) is 0. The molecular formula is C27H27ClF2O7. The minimum absolute atomic E-state index is 0.00359. The van der Waals surface area contributed by atoms with E-state index in [2.05, 4.69) is 0 Å². The molecule has 0 radical (unpaired) electrons. The van der Waals surface area contributed by atoms with Crippen molar-refractivity contribution in [2.45, 2.75) is 43.2 Å². The smallest absolute Gasteiger partial charge is 0.224 e. The molecule has 4 rings (SSSR count). The third kappa shape index (κ3) is 5.35. The van der Waals surface area contributed by atoms with Crippen LogP contribution in [-0.4, -0.2) is 58.6 Å². The molecule has 1 aliphatic heterocycles. The summed E-state index contributed by atoms with van der Waals surface area (Å²) < 4.78 is 46.3. The molecule has 0 unspecified atom stereocenters. The molecule has 0 aromatic heterocycles. The van der Waals surface area contributed by atoms with E-state index in [0.29, 0.717) is 5.56 Å². The third-order valence-corrected chi connectivity index (χ3v) is 6.82. The first-order chi connectivity index (χ1) is 17.7. The van der Waals surface area contributed by atoms with Crippen LogP contribution in [0.3, 0.4) is 0 Å². The maximum absolute atomic E-state index is 15.0. The Kier molecular flexibility index (Phi) is 8.45. The van der Waals surface area contributed by atoms with Crippen molar-refractivity contribution < 1.29 is 43.4 Å². The highest BCUT2D eigenvalue weighted by Gasteiger charge is 2.55. The van der Waals surface area contributed by atoms with Gasteiger partial charge in [0.2, 0.25) is 11.6 Å². The number of hydrogen-bond donors (Lipinski definition) is 4. The van der Waals surface area contributed by atoms with Crippen LogP contribution in [0.15, 0.2) is 60.7 Å². The lowest BCUT2D eigenvalue weighted by Gasteiger charge is -2.47. The summed E-state index contributed by atoms with van der Waals surface area (Å²) in [5.74, 6) is -4.43. The van der Waals surface area contributed by atoms with E-state index in [9.17, 15) is 29.2 Å². The number of halogens is 3. The van der Waals surface area contributed by atoms with E-state index in [1.54, 1.807) is 12.1 Å². The summed E-state index contributed by atoms with van der Waals surface area (Å²) in [6.45, 7) is -0.582. The van der Waals surface area contributed by atoms with Gasteiger partial charge in [-0.1, -0.05) is 54.1 Å². The van der Waals surface area contributed by atoms with Crippen molar-refractivity contribution in [3.63, 3.8) is 0 Å². The zero-order valence-electron chi connectivity index (χ0n) is 19.9. The van der Waals surface area contributed by atoms with E-state index in [1.165, 1.54) is 37.4 Å². The van der Waals surface area contributed by atoms with Crippen LogP contribution < -0.4 is 4.74 Å². The Balaban J connectivity index is 1.61. The van der Waals surface area contributed by atoms with Gasteiger partial charge in [-0.15, -0.1) is 0 Å². The van der Waals surface area contributed by atoms with Gasteiger partial charge in [0.05, 0.1) is 6.61 Å². The molecule has 1 fully saturated rings. The molecule has 7 nitrogen and oxygen atoms in total. The Morgan fingerprint density at radius 2 is 1.68 bits per heavy atom. The standard InChI is InChI=1S/C27H27ClF2O7/c1-35-27(26(34)25(33)24(32)21(13-31)37-27)18-8-9-19(28)17(12-18)11-16-7-10-20(23(30)22(16)29)36-14-15-5-3-2-4-6-15/h2-10,12,21,24-26,31-34H,11,13-14H2,1H3/t21-,24-,25+,26-,27+/m1/s1. The van der Waals surface area contributed by atoms with E-state index in [-0.39, 0.29) is 34.9 Å². The molecule has 0 spiro atoms. The van der Waals surface area contributed by atoms with E-state index < -0.39 is 48.4 Å². The lowest BCUT2D eigenvalue weighted by molar-refractivity contribution is -0.366. The van der Waals surface area contributed by atoms with Gasteiger partial charge in [-0.25, -0.2) is 4.39 Å². The number of hydrogen-bond acceptors (Lipinski definition) is 7. The molecule has 37 heavy (non-hydrogen) atoms. The molecule has 4 N–H and O–H groups in total. The number of aliphatic hydroxyl groups is 4. The molecule has 10 heteroatoms. The van der Waals surface area contributed by atoms with Gasteiger partial charge in [-0.05, 0) is 34.9 Å². The Morgan fingerprint density at radius 1 is 0.946 bits per heavy atom. The number of rotatable bonds is 8. The van der Waals surface area contributed by atoms with Crippen LogP contribution in [0.5, 0.6) is 5.75 Å². The summed E-state index contributed by atoms with van der Waals surface area (Å²) in [5, 5.41) is 41.0. The van der Waals surface area contributed by atoms with Crippen LogP contribution in [0, 0.1) is 11.6 Å². The molecule has 1 aliphatic rings. The van der Waals surface area contributed by atoms with Gasteiger partial charge in [-0.2, -0.15) is 4.39 Å². The monoisotopic (exact) mass is 536 g/mol. The van der Waals surface area contributed by atoms with Crippen molar-refractivity contribution in [3.8, 4) is 5.75 Å². The maximum atomic E-state index is 15.0. The lowest BCUT2D eigenvalue weighted by Crippen LogP contribution is -2.64. The Labute approximate surface area is 217 Å². The molecule has 1 saturated heterocycles. The Bertz CT molecular complexity index is 1230. The maximum Gasteiger partial charge on any atom is 0.224 e. The van der Waals surface area contributed by atoms with Crippen LogP contribution in [0.25, 0.3) is 0 Å². The number of ether oxygens (including phenoxy) is 3. The van der Waals surface area contributed by atoms with E-state index in [1.807, 2.05) is 18.2 Å². The molecule has 0 amide bonds. The van der Waals surface area contributed by atoms with Gasteiger partial charge in [0.1, 0.15) is 31.0 Å². The van der Waals surface area contributed by atoms with Crippen LogP contribution in [0.1, 0.15) is 22.3 Å². The summed E-state index contributed by atoms with van der Waals surface area (Å²) in [7, 11) is 1.22. The Hall–Kier alpha value is -2.63. The average molecular weight is 537 g/mol. The van der Waals surface area contributed by atoms with Crippen molar-refractivity contribution in [2.24, 2.45) is 0 Å². The van der Waals surface area contributed by atoms with Crippen molar-refractivity contribution >= 4 is 11.6 Å². The molecule has 3 aromatic carbocycles.